The first-order valence-electron chi connectivity index (χ1n) is 7.01. The second-order valence-electron chi connectivity index (χ2n) is 7.26. The number of rotatable bonds is 6. The summed E-state index contributed by atoms with van der Waals surface area (Å²) in [4.78, 5) is 0. The van der Waals surface area contributed by atoms with Gasteiger partial charge in [-0.25, -0.2) is 0 Å². The van der Waals surface area contributed by atoms with E-state index in [0.717, 1.165) is 0 Å². The van der Waals surface area contributed by atoms with Crippen molar-refractivity contribution in [2.24, 2.45) is 0 Å². The van der Waals surface area contributed by atoms with Crippen LogP contribution in [0.25, 0.3) is 0 Å². The Morgan fingerprint density at radius 2 is 0.895 bits per heavy atom. The molecule has 0 saturated heterocycles. The summed E-state index contributed by atoms with van der Waals surface area (Å²) in [5.74, 6) is 0. The van der Waals surface area contributed by atoms with Crippen LogP contribution >= 0.6 is 0 Å². The normalized spacial score (nSPS) is 14.5. The summed E-state index contributed by atoms with van der Waals surface area (Å²) in [5, 5.41) is 0. The standard InChI is InChI=1S/2C4H9O.2C3H7O.Ti/c2*1-4(2,3)5;2*1-3(2)4;/h2*1-3H3;2*3H,1-2H3;/q4*-1;+4. The third kappa shape index (κ3) is 10.00. The molecule has 0 aliphatic rings. The Balaban J connectivity index is 5.31. The van der Waals surface area contributed by atoms with Crippen LogP contribution in [0.2, 0.25) is 0 Å². The second-order valence-corrected chi connectivity index (χ2v) is 10.2. The molecule has 0 fully saturated rings. The molecule has 0 amide bonds. The first-order valence-corrected chi connectivity index (χ1v) is 9.56. The Morgan fingerprint density at radius 1 is 0.632 bits per heavy atom. The molecule has 0 spiro atoms. The molecule has 0 aromatic carbocycles. The summed E-state index contributed by atoms with van der Waals surface area (Å²) in [6.07, 6.45) is 0.00639. The minimum atomic E-state index is -3.79. The predicted molar refractivity (Wildman–Crippen MR) is 74.1 cm³/mol. The van der Waals surface area contributed by atoms with Crippen LogP contribution in [0.5, 0.6) is 0 Å². The SMILES string of the molecule is CC(C)[O][Ti]([O]C(C)C)([O]C(C)(C)C)[O]C(C)(C)C. The van der Waals surface area contributed by atoms with Crippen molar-refractivity contribution in [1.82, 2.24) is 0 Å². The van der Waals surface area contributed by atoms with E-state index in [2.05, 4.69) is 0 Å². The van der Waals surface area contributed by atoms with Gasteiger partial charge in [0.15, 0.2) is 0 Å². The molecule has 116 valence electrons. The monoisotopic (exact) mass is 312 g/mol. The van der Waals surface area contributed by atoms with Gasteiger partial charge in [-0.2, -0.15) is 0 Å². The zero-order valence-electron chi connectivity index (χ0n) is 14.3. The molecular weight excluding hydrogens is 280 g/mol. The Kier molecular flexibility index (Phi) is 7.22. The van der Waals surface area contributed by atoms with Gasteiger partial charge in [0, 0.05) is 0 Å². The van der Waals surface area contributed by atoms with Gasteiger partial charge in [-0.3, -0.25) is 0 Å². The van der Waals surface area contributed by atoms with E-state index >= 15 is 0 Å². The molecule has 0 atom stereocenters. The molecule has 0 aromatic rings. The van der Waals surface area contributed by atoms with E-state index in [1.54, 1.807) is 0 Å². The van der Waals surface area contributed by atoms with Crippen molar-refractivity contribution >= 4 is 0 Å². The van der Waals surface area contributed by atoms with Crippen LogP contribution in [0.3, 0.4) is 0 Å². The molecule has 0 aromatic heterocycles. The van der Waals surface area contributed by atoms with Gasteiger partial charge < -0.3 is 0 Å². The van der Waals surface area contributed by atoms with Crippen LogP contribution in [-0.2, 0) is 31.4 Å². The van der Waals surface area contributed by atoms with Gasteiger partial charge >= 0.3 is 124 Å². The Morgan fingerprint density at radius 3 is 1.05 bits per heavy atom. The fourth-order valence-corrected chi connectivity index (χ4v) is 6.07. The van der Waals surface area contributed by atoms with Crippen LogP contribution < -0.4 is 0 Å². The van der Waals surface area contributed by atoms with Crippen LogP contribution in [0, 0.1) is 0 Å². The fraction of sp³-hybridized carbons (Fsp3) is 1.00. The predicted octanol–water partition coefficient (Wildman–Crippen LogP) is 4.28. The molecule has 0 bridgehead atoms. The summed E-state index contributed by atoms with van der Waals surface area (Å²) in [6, 6.07) is 0. The zero-order valence-corrected chi connectivity index (χ0v) is 15.8. The van der Waals surface area contributed by atoms with Crippen molar-refractivity contribution < 1.29 is 31.4 Å². The molecule has 0 rings (SSSR count). The third-order valence-electron chi connectivity index (χ3n) is 1.62. The van der Waals surface area contributed by atoms with Gasteiger partial charge in [0.25, 0.3) is 0 Å². The Labute approximate surface area is 124 Å². The van der Waals surface area contributed by atoms with Crippen LogP contribution in [0.1, 0.15) is 69.2 Å². The molecule has 0 saturated carbocycles. The van der Waals surface area contributed by atoms with E-state index < -0.39 is 18.1 Å². The summed E-state index contributed by atoms with van der Waals surface area (Å²) >= 11 is -3.79. The number of hydrogen-bond donors (Lipinski definition) is 0. The topological polar surface area (TPSA) is 36.9 Å². The minimum absolute atomic E-state index is 0.00319. The van der Waals surface area contributed by atoms with Gasteiger partial charge in [0.1, 0.15) is 0 Å². The summed E-state index contributed by atoms with van der Waals surface area (Å²) < 4.78 is 24.3. The van der Waals surface area contributed by atoms with E-state index in [-0.39, 0.29) is 23.4 Å². The van der Waals surface area contributed by atoms with Crippen LogP contribution in [-0.4, -0.2) is 23.4 Å². The zero-order chi connectivity index (χ0) is 15.5. The quantitative estimate of drug-likeness (QED) is 0.686. The molecule has 4 nitrogen and oxygen atoms in total. The molecule has 0 N–H and O–H groups in total. The van der Waals surface area contributed by atoms with Gasteiger partial charge in [-0.05, 0) is 0 Å². The van der Waals surface area contributed by atoms with E-state index in [9.17, 15) is 0 Å². The van der Waals surface area contributed by atoms with Crippen molar-refractivity contribution in [1.29, 1.82) is 0 Å². The summed E-state index contributed by atoms with van der Waals surface area (Å²) in [6.45, 7) is 19.9. The average molecular weight is 312 g/mol. The molecule has 0 aliphatic carbocycles. The van der Waals surface area contributed by atoms with Gasteiger partial charge in [-0.15, -0.1) is 0 Å². The summed E-state index contributed by atoms with van der Waals surface area (Å²) in [7, 11) is 0. The van der Waals surface area contributed by atoms with Crippen molar-refractivity contribution in [2.45, 2.75) is 92.6 Å². The fourth-order valence-electron chi connectivity index (χ4n) is 1.47. The molecule has 0 unspecified atom stereocenters. The molecule has 5 heteroatoms. The van der Waals surface area contributed by atoms with Gasteiger partial charge in [0.2, 0.25) is 0 Å². The Bertz CT molecular complexity index is 236. The molecule has 19 heavy (non-hydrogen) atoms. The maximum atomic E-state index is 6.14. The molecule has 0 aliphatic heterocycles. The van der Waals surface area contributed by atoms with Crippen molar-refractivity contribution in [2.75, 3.05) is 0 Å². The van der Waals surface area contributed by atoms with Gasteiger partial charge in [0.05, 0.1) is 0 Å². The third-order valence-corrected chi connectivity index (χ3v) is 6.69. The Hall–Kier alpha value is 0.554. The van der Waals surface area contributed by atoms with E-state index in [1.807, 2.05) is 69.2 Å². The van der Waals surface area contributed by atoms with Crippen molar-refractivity contribution in [3.63, 3.8) is 0 Å². The van der Waals surface area contributed by atoms with E-state index in [0.29, 0.717) is 0 Å². The molecule has 0 radical (unpaired) electrons. The second kappa shape index (κ2) is 7.01. The first kappa shape index (κ1) is 19.6. The average Bonchev–Trinajstić information content (AvgIpc) is 1.89. The van der Waals surface area contributed by atoms with Crippen molar-refractivity contribution in [3.05, 3.63) is 0 Å². The molecular formula is C14H32O4Ti. The van der Waals surface area contributed by atoms with Gasteiger partial charge in [-0.1, -0.05) is 0 Å². The maximum absolute atomic E-state index is 6.14. The number of hydrogen-bond acceptors (Lipinski definition) is 4. The first-order chi connectivity index (χ1) is 8.25. The molecule has 0 heterocycles. The van der Waals surface area contributed by atoms with Crippen LogP contribution in [0.4, 0.5) is 0 Å². The van der Waals surface area contributed by atoms with Crippen LogP contribution in [0.15, 0.2) is 0 Å². The summed E-state index contributed by atoms with van der Waals surface area (Å²) in [5.41, 5.74) is -0.732. The van der Waals surface area contributed by atoms with E-state index in [4.69, 9.17) is 13.3 Å². The van der Waals surface area contributed by atoms with E-state index in [1.165, 1.54) is 0 Å². The van der Waals surface area contributed by atoms with Crippen molar-refractivity contribution in [3.8, 4) is 0 Å².